The zero-order valence-electron chi connectivity index (χ0n) is 16.0. The highest BCUT2D eigenvalue weighted by atomic mass is 16.5. The first-order valence-corrected chi connectivity index (χ1v) is 10.5. The van der Waals surface area contributed by atoms with Gasteiger partial charge in [-0.25, -0.2) is 0 Å². The van der Waals surface area contributed by atoms with Gasteiger partial charge in [-0.3, -0.25) is 0 Å². The maximum Gasteiger partial charge on any atom is 0.0958 e. The van der Waals surface area contributed by atoms with Crippen LogP contribution in [-0.4, -0.2) is 29.5 Å². The van der Waals surface area contributed by atoms with E-state index in [1.165, 1.54) is 24.8 Å². The van der Waals surface area contributed by atoms with Crippen LogP contribution in [0.15, 0.2) is 35.6 Å². The second kappa shape index (κ2) is 5.72. The molecule has 3 fully saturated rings. The maximum atomic E-state index is 11.6. The molecule has 3 heteroatoms. The van der Waals surface area contributed by atoms with Gasteiger partial charge in [0.05, 0.1) is 25.1 Å². The topological polar surface area (TPSA) is 49.7 Å². The zero-order chi connectivity index (χ0) is 18.1. The molecule has 5 rings (SSSR count). The minimum atomic E-state index is -0.713. The Labute approximate surface area is 156 Å². The lowest BCUT2D eigenvalue weighted by Gasteiger charge is -2.56. The van der Waals surface area contributed by atoms with Gasteiger partial charge in [-0.1, -0.05) is 25.2 Å². The lowest BCUT2D eigenvalue weighted by atomic mass is 9.50. The number of methoxy groups -OCH3 is 1. The van der Waals surface area contributed by atoms with E-state index in [0.29, 0.717) is 29.6 Å². The van der Waals surface area contributed by atoms with Crippen LogP contribution in [0.1, 0.15) is 45.4 Å². The van der Waals surface area contributed by atoms with Crippen LogP contribution in [0, 0.1) is 40.9 Å². The molecule has 6 unspecified atom stereocenters. The van der Waals surface area contributed by atoms with Crippen LogP contribution in [0.2, 0.25) is 0 Å². The normalized spacial score (nSPS) is 51.7. The number of allylic oxidation sites excluding steroid dienone is 4. The second-order valence-electron chi connectivity index (χ2n) is 9.63. The van der Waals surface area contributed by atoms with Crippen molar-refractivity contribution in [3.8, 4) is 0 Å². The van der Waals surface area contributed by atoms with Crippen molar-refractivity contribution in [2.75, 3.05) is 13.7 Å². The largest absolute Gasteiger partial charge is 0.501 e. The van der Waals surface area contributed by atoms with Crippen molar-refractivity contribution in [2.45, 2.75) is 51.0 Å². The summed E-state index contributed by atoms with van der Waals surface area (Å²) in [5, 5.41) is 20.9. The van der Waals surface area contributed by atoms with E-state index in [4.69, 9.17) is 4.74 Å². The molecule has 5 aliphatic rings. The zero-order valence-corrected chi connectivity index (χ0v) is 16.0. The molecule has 5 aliphatic carbocycles. The first-order chi connectivity index (χ1) is 12.5. The van der Waals surface area contributed by atoms with Crippen molar-refractivity contribution in [1.82, 2.24) is 0 Å². The SMILES string of the molecule is COC1=CC2=CCC3C(CCC4(C)C3[C@@H]3C[C@@H]3C4(O)/C=C\CO)C2CC1. The molecule has 8 atom stereocenters. The van der Waals surface area contributed by atoms with Gasteiger partial charge in [0.15, 0.2) is 0 Å². The van der Waals surface area contributed by atoms with Gasteiger partial charge in [-0.05, 0) is 79.3 Å². The summed E-state index contributed by atoms with van der Waals surface area (Å²) in [6.45, 7) is 2.36. The molecular formula is C23H32O3. The number of fused-ring (bicyclic) bond motifs is 7. The van der Waals surface area contributed by atoms with E-state index in [-0.39, 0.29) is 12.0 Å². The molecule has 0 bridgehead atoms. The fourth-order valence-corrected chi connectivity index (χ4v) is 7.69. The molecule has 3 saturated carbocycles. The van der Waals surface area contributed by atoms with Gasteiger partial charge < -0.3 is 14.9 Å². The summed E-state index contributed by atoms with van der Waals surface area (Å²) >= 11 is 0. The van der Waals surface area contributed by atoms with Gasteiger partial charge in [-0.15, -0.1) is 0 Å². The van der Waals surface area contributed by atoms with Crippen LogP contribution in [0.3, 0.4) is 0 Å². The Bertz CT molecular complexity index is 692. The predicted octanol–water partition coefficient (Wildman–Crippen LogP) is 3.83. The minimum absolute atomic E-state index is 0.0227. The quantitative estimate of drug-likeness (QED) is 0.756. The van der Waals surface area contributed by atoms with Crippen LogP contribution in [0.4, 0.5) is 0 Å². The fraction of sp³-hybridized carbons (Fsp3) is 0.739. The smallest absolute Gasteiger partial charge is 0.0958 e. The third-order valence-electron chi connectivity index (χ3n) is 8.86. The van der Waals surface area contributed by atoms with Crippen LogP contribution in [0.25, 0.3) is 0 Å². The second-order valence-corrected chi connectivity index (χ2v) is 9.63. The molecule has 0 amide bonds. The maximum absolute atomic E-state index is 11.6. The highest BCUT2D eigenvalue weighted by Gasteiger charge is 2.74. The molecule has 0 spiro atoms. The van der Waals surface area contributed by atoms with Crippen LogP contribution >= 0.6 is 0 Å². The summed E-state index contributed by atoms with van der Waals surface area (Å²) in [5.74, 6) is 5.04. The molecule has 2 N–H and O–H groups in total. The number of hydrogen-bond donors (Lipinski definition) is 2. The standard InChI is InChI=1S/C23H32O3/c1-22-10-8-17-16-7-5-15(26-2)12-14(16)4-6-18(17)21(22)19-13-20(19)23(22,25)9-3-11-24/h3-4,9,12,16-21,24-25H,5-8,10-11,13H2,1-2H3/b9-3-/t16?,17?,18?,19-,20+,21?,22?,23?/m1/s1. The summed E-state index contributed by atoms with van der Waals surface area (Å²) in [6, 6.07) is 0. The Balaban J connectivity index is 1.48. The highest BCUT2D eigenvalue weighted by molar-refractivity contribution is 5.35. The summed E-state index contributed by atoms with van der Waals surface area (Å²) in [5.41, 5.74) is 0.773. The van der Waals surface area contributed by atoms with E-state index in [1.54, 1.807) is 13.2 Å². The third kappa shape index (κ3) is 2.08. The lowest BCUT2D eigenvalue weighted by Crippen LogP contribution is -2.54. The monoisotopic (exact) mass is 356 g/mol. The first-order valence-electron chi connectivity index (χ1n) is 10.5. The molecule has 0 aliphatic heterocycles. The number of aliphatic hydroxyl groups is 2. The number of hydrogen-bond acceptors (Lipinski definition) is 3. The third-order valence-corrected chi connectivity index (χ3v) is 8.86. The fourth-order valence-electron chi connectivity index (χ4n) is 7.69. The summed E-state index contributed by atoms with van der Waals surface area (Å²) in [4.78, 5) is 0. The van der Waals surface area contributed by atoms with Crippen molar-refractivity contribution in [2.24, 2.45) is 40.9 Å². The molecule has 0 heterocycles. The summed E-state index contributed by atoms with van der Waals surface area (Å²) < 4.78 is 5.51. The molecule has 0 aromatic heterocycles. The van der Waals surface area contributed by atoms with E-state index < -0.39 is 5.60 Å². The van der Waals surface area contributed by atoms with Crippen LogP contribution in [-0.2, 0) is 4.74 Å². The van der Waals surface area contributed by atoms with Crippen molar-refractivity contribution < 1.29 is 14.9 Å². The Hall–Kier alpha value is -1.06. The molecule has 142 valence electrons. The molecule has 0 radical (unpaired) electrons. The minimum Gasteiger partial charge on any atom is -0.501 e. The van der Waals surface area contributed by atoms with E-state index in [9.17, 15) is 10.2 Å². The van der Waals surface area contributed by atoms with Gasteiger partial charge >= 0.3 is 0 Å². The van der Waals surface area contributed by atoms with Crippen molar-refractivity contribution in [1.29, 1.82) is 0 Å². The van der Waals surface area contributed by atoms with Crippen molar-refractivity contribution >= 4 is 0 Å². The molecule has 3 nitrogen and oxygen atoms in total. The molecular weight excluding hydrogens is 324 g/mol. The Morgan fingerprint density at radius 3 is 2.88 bits per heavy atom. The summed E-state index contributed by atoms with van der Waals surface area (Å²) in [6.07, 6.45) is 15.5. The number of aliphatic hydroxyl groups excluding tert-OH is 1. The Morgan fingerprint density at radius 2 is 2.12 bits per heavy atom. The van der Waals surface area contributed by atoms with Gasteiger partial charge in [0.25, 0.3) is 0 Å². The molecule has 0 aromatic carbocycles. The number of rotatable bonds is 3. The lowest BCUT2D eigenvalue weighted by molar-refractivity contribution is -0.108. The van der Waals surface area contributed by atoms with Crippen molar-refractivity contribution in [3.05, 3.63) is 35.6 Å². The van der Waals surface area contributed by atoms with E-state index >= 15 is 0 Å². The molecule has 0 aromatic rings. The van der Waals surface area contributed by atoms with Gasteiger partial charge in [0.2, 0.25) is 0 Å². The van der Waals surface area contributed by atoms with E-state index in [0.717, 1.165) is 30.9 Å². The van der Waals surface area contributed by atoms with Crippen LogP contribution < -0.4 is 0 Å². The van der Waals surface area contributed by atoms with Gasteiger partial charge in [-0.2, -0.15) is 0 Å². The predicted molar refractivity (Wildman–Crippen MR) is 101 cm³/mol. The Kier molecular flexibility index (Phi) is 3.75. The Morgan fingerprint density at radius 1 is 1.27 bits per heavy atom. The highest BCUT2D eigenvalue weighted by Crippen LogP contribution is 2.75. The van der Waals surface area contributed by atoms with Gasteiger partial charge in [0, 0.05) is 11.8 Å². The average molecular weight is 357 g/mol. The average Bonchev–Trinajstić information content (AvgIpc) is 3.42. The summed E-state index contributed by atoms with van der Waals surface area (Å²) in [7, 11) is 1.79. The van der Waals surface area contributed by atoms with Crippen molar-refractivity contribution in [3.63, 3.8) is 0 Å². The van der Waals surface area contributed by atoms with Crippen LogP contribution in [0.5, 0.6) is 0 Å². The molecule has 0 saturated heterocycles. The van der Waals surface area contributed by atoms with Gasteiger partial charge in [0.1, 0.15) is 0 Å². The number of ether oxygens (including phenoxy) is 1. The first kappa shape index (κ1) is 17.1. The molecule has 26 heavy (non-hydrogen) atoms. The van der Waals surface area contributed by atoms with E-state index in [1.807, 2.05) is 6.08 Å². The van der Waals surface area contributed by atoms with E-state index in [2.05, 4.69) is 19.1 Å².